The van der Waals surface area contributed by atoms with Crippen LogP contribution in [0.2, 0.25) is 0 Å². The van der Waals surface area contributed by atoms with Gasteiger partial charge in [-0.2, -0.15) is 0 Å². The number of rotatable bonds is 2. The predicted molar refractivity (Wildman–Crippen MR) is 39.7 cm³/mol. The monoisotopic (exact) mass is 150 g/mol. The van der Waals surface area contributed by atoms with Gasteiger partial charge in [-0.25, -0.2) is 0 Å². The molecule has 0 aromatic carbocycles. The summed E-state index contributed by atoms with van der Waals surface area (Å²) >= 11 is 0. The number of methoxy groups -OCH3 is 1. The maximum Gasteiger partial charge on any atom is 0.314 e. The first-order valence-corrected chi connectivity index (χ1v) is 3.15. The summed E-state index contributed by atoms with van der Waals surface area (Å²) in [4.78, 5) is 14.5. The Bertz CT molecular complexity index is 233. The summed E-state index contributed by atoms with van der Waals surface area (Å²) in [5.41, 5.74) is 0.749. The summed E-state index contributed by atoms with van der Waals surface area (Å²) in [6, 6.07) is 3.54. The van der Waals surface area contributed by atoms with Gasteiger partial charge in [-0.15, -0.1) is 0 Å². The highest BCUT2D eigenvalue weighted by molar-refractivity contribution is 5.82. The van der Waals surface area contributed by atoms with Crippen LogP contribution in [0.1, 0.15) is 5.56 Å². The van der Waals surface area contributed by atoms with Crippen LogP contribution in [-0.4, -0.2) is 18.1 Å². The molecule has 0 atom stereocenters. The second-order valence-electron chi connectivity index (χ2n) is 1.95. The first kappa shape index (κ1) is 7.72. The molecular weight excluding hydrogens is 142 g/mol. The van der Waals surface area contributed by atoms with Crippen molar-refractivity contribution in [2.75, 3.05) is 7.11 Å². The van der Waals surface area contributed by atoms with Gasteiger partial charge >= 0.3 is 5.97 Å². The van der Waals surface area contributed by atoms with E-state index in [0.717, 1.165) is 5.56 Å². The van der Waals surface area contributed by atoms with Crippen molar-refractivity contribution in [2.45, 2.75) is 0 Å². The summed E-state index contributed by atoms with van der Waals surface area (Å²) in [6.45, 7) is 0. The average molecular weight is 150 g/mol. The molecule has 1 aromatic heterocycles. The molecule has 11 heavy (non-hydrogen) atoms. The van der Waals surface area contributed by atoms with E-state index in [2.05, 4.69) is 9.72 Å². The second-order valence-corrected chi connectivity index (χ2v) is 1.95. The molecule has 0 aliphatic heterocycles. The number of nitrogens with zero attached hydrogens (tertiary/aromatic N) is 1. The maximum atomic E-state index is 10.7. The summed E-state index contributed by atoms with van der Waals surface area (Å²) in [5.74, 6) is -0.363. The van der Waals surface area contributed by atoms with E-state index >= 15 is 0 Å². The quantitative estimate of drug-likeness (QED) is 0.585. The van der Waals surface area contributed by atoms with Crippen molar-refractivity contribution in [3.63, 3.8) is 0 Å². The molecule has 3 nitrogen and oxygen atoms in total. The lowest BCUT2D eigenvalue weighted by atomic mass is 10.2. The first-order chi connectivity index (χ1) is 5.33. The van der Waals surface area contributed by atoms with Crippen LogP contribution in [0.15, 0.2) is 24.5 Å². The summed E-state index contributed by atoms with van der Waals surface area (Å²) in [5, 5.41) is 0. The third kappa shape index (κ3) is 2.37. The molecule has 0 aliphatic carbocycles. The average Bonchev–Trinajstić information content (AvgIpc) is 2.06. The van der Waals surface area contributed by atoms with Crippen molar-refractivity contribution in [2.24, 2.45) is 0 Å². The number of aromatic nitrogens is 1. The minimum atomic E-state index is -0.363. The van der Waals surface area contributed by atoms with Crippen LogP contribution in [0.5, 0.6) is 0 Å². The van der Waals surface area contributed by atoms with Crippen LogP contribution in [0, 0.1) is 6.42 Å². The molecule has 0 amide bonds. The number of carbonyl (C=O) groups is 1. The van der Waals surface area contributed by atoms with Crippen molar-refractivity contribution >= 4 is 5.97 Å². The van der Waals surface area contributed by atoms with Gasteiger partial charge in [-0.1, -0.05) is 6.07 Å². The predicted octanol–water partition coefficient (Wildman–Crippen LogP) is 0.807. The van der Waals surface area contributed by atoms with Gasteiger partial charge in [-0.3, -0.25) is 9.78 Å². The smallest absolute Gasteiger partial charge is 0.314 e. The summed E-state index contributed by atoms with van der Waals surface area (Å²) < 4.78 is 4.43. The molecule has 0 spiro atoms. The van der Waals surface area contributed by atoms with Crippen LogP contribution in [0.4, 0.5) is 0 Å². The summed E-state index contributed by atoms with van der Waals surface area (Å²) in [6.07, 6.45) is 4.62. The van der Waals surface area contributed by atoms with Crippen molar-refractivity contribution in [1.29, 1.82) is 0 Å². The SMILES string of the molecule is COC(=O)[CH]c1cccnc1. The molecule has 3 heteroatoms. The van der Waals surface area contributed by atoms with E-state index in [0.29, 0.717) is 0 Å². The molecule has 0 aliphatic rings. The largest absolute Gasteiger partial charge is 0.469 e. The molecule has 1 heterocycles. The van der Waals surface area contributed by atoms with E-state index in [9.17, 15) is 4.79 Å². The molecule has 0 bridgehead atoms. The lowest BCUT2D eigenvalue weighted by molar-refractivity contribution is -0.136. The highest BCUT2D eigenvalue weighted by Crippen LogP contribution is 1.99. The Morgan fingerprint density at radius 1 is 1.73 bits per heavy atom. The van der Waals surface area contributed by atoms with Crippen LogP contribution in [0.3, 0.4) is 0 Å². The molecule has 1 rings (SSSR count). The molecule has 1 aromatic rings. The number of ether oxygens (including phenoxy) is 1. The fraction of sp³-hybridized carbons (Fsp3) is 0.125. The fourth-order valence-electron chi connectivity index (χ4n) is 0.656. The van der Waals surface area contributed by atoms with Gasteiger partial charge in [0.15, 0.2) is 0 Å². The van der Waals surface area contributed by atoms with E-state index in [1.807, 2.05) is 0 Å². The Labute approximate surface area is 65.0 Å². The van der Waals surface area contributed by atoms with Gasteiger partial charge in [0.1, 0.15) is 6.42 Å². The number of pyridine rings is 1. The molecule has 1 radical (unpaired) electrons. The van der Waals surface area contributed by atoms with Crippen LogP contribution >= 0.6 is 0 Å². The zero-order valence-corrected chi connectivity index (χ0v) is 6.15. The van der Waals surface area contributed by atoms with Crippen LogP contribution in [-0.2, 0) is 9.53 Å². The van der Waals surface area contributed by atoms with Gasteiger partial charge < -0.3 is 4.74 Å². The van der Waals surface area contributed by atoms with E-state index in [-0.39, 0.29) is 5.97 Å². The third-order valence-corrected chi connectivity index (χ3v) is 1.17. The number of esters is 1. The number of carbonyl (C=O) groups excluding carboxylic acids is 1. The molecule has 0 saturated heterocycles. The van der Waals surface area contributed by atoms with Gasteiger partial charge in [0.2, 0.25) is 0 Å². The molecule has 0 unspecified atom stereocenters. The zero-order valence-electron chi connectivity index (χ0n) is 6.15. The lowest BCUT2D eigenvalue weighted by Crippen LogP contribution is -2.01. The Kier molecular flexibility index (Phi) is 2.60. The number of hydrogen-bond acceptors (Lipinski definition) is 3. The topological polar surface area (TPSA) is 39.2 Å². The van der Waals surface area contributed by atoms with Crippen LogP contribution in [0.25, 0.3) is 0 Å². The Hall–Kier alpha value is -1.38. The van der Waals surface area contributed by atoms with Crippen molar-refractivity contribution in [3.8, 4) is 0 Å². The van der Waals surface area contributed by atoms with E-state index in [1.165, 1.54) is 13.5 Å². The van der Waals surface area contributed by atoms with Crippen molar-refractivity contribution in [1.82, 2.24) is 4.98 Å². The van der Waals surface area contributed by atoms with Crippen LogP contribution < -0.4 is 0 Å². The molecule has 0 fully saturated rings. The maximum absolute atomic E-state index is 10.7. The third-order valence-electron chi connectivity index (χ3n) is 1.17. The molecule has 0 saturated carbocycles. The Balaban J connectivity index is 2.58. The van der Waals surface area contributed by atoms with E-state index in [1.54, 1.807) is 24.5 Å². The van der Waals surface area contributed by atoms with E-state index < -0.39 is 0 Å². The van der Waals surface area contributed by atoms with Crippen molar-refractivity contribution in [3.05, 3.63) is 36.5 Å². The fourth-order valence-corrected chi connectivity index (χ4v) is 0.656. The zero-order chi connectivity index (χ0) is 8.10. The minimum absolute atomic E-state index is 0.363. The highest BCUT2D eigenvalue weighted by atomic mass is 16.5. The summed E-state index contributed by atoms with van der Waals surface area (Å²) in [7, 11) is 1.34. The standard InChI is InChI=1S/C8H8NO2/c1-11-8(10)5-7-3-2-4-9-6-7/h2-6H,1H3. The normalized spacial score (nSPS) is 9.18. The molecular formula is C8H8NO2. The van der Waals surface area contributed by atoms with Gasteiger partial charge in [-0.05, 0) is 11.6 Å². The Morgan fingerprint density at radius 2 is 2.55 bits per heavy atom. The Morgan fingerprint density at radius 3 is 3.09 bits per heavy atom. The minimum Gasteiger partial charge on any atom is -0.469 e. The van der Waals surface area contributed by atoms with Crippen molar-refractivity contribution < 1.29 is 9.53 Å². The van der Waals surface area contributed by atoms with Gasteiger partial charge in [0, 0.05) is 12.4 Å². The van der Waals surface area contributed by atoms with E-state index in [4.69, 9.17) is 0 Å². The number of hydrogen-bond donors (Lipinski definition) is 0. The molecule has 57 valence electrons. The first-order valence-electron chi connectivity index (χ1n) is 3.15. The lowest BCUT2D eigenvalue weighted by Gasteiger charge is -1.96. The second kappa shape index (κ2) is 3.71. The molecule has 0 N–H and O–H groups in total. The van der Waals surface area contributed by atoms with Gasteiger partial charge in [0.05, 0.1) is 7.11 Å². The van der Waals surface area contributed by atoms with Gasteiger partial charge in [0.25, 0.3) is 0 Å². The highest BCUT2D eigenvalue weighted by Gasteiger charge is 2.01.